The maximum atomic E-state index is 12.1. The summed E-state index contributed by atoms with van der Waals surface area (Å²) in [5, 5.41) is 17.4. The van der Waals surface area contributed by atoms with Crippen molar-refractivity contribution in [3.63, 3.8) is 0 Å². The second-order valence-electron chi connectivity index (χ2n) is 5.57. The standard InChI is InChI=1S/C17H19N3O5/c1-10-14(11(2)25-20-10)8-16(22)19-13-5-3-12(4-6-13)7-15(21)18-9-17(23)24/h3-6H,7-9H2,1-2H3,(H,18,21)(H,19,22)(H,23,24). The Hall–Kier alpha value is -3.16. The SMILES string of the molecule is Cc1noc(C)c1CC(=O)Nc1ccc(CC(=O)NCC(=O)O)cc1. The van der Waals surface area contributed by atoms with Crippen LogP contribution in [0.25, 0.3) is 0 Å². The molecule has 8 nitrogen and oxygen atoms in total. The molecule has 0 bridgehead atoms. The second kappa shape index (κ2) is 8.09. The van der Waals surface area contributed by atoms with Crippen molar-refractivity contribution in [2.24, 2.45) is 0 Å². The highest BCUT2D eigenvalue weighted by molar-refractivity contribution is 5.92. The summed E-state index contributed by atoms with van der Waals surface area (Å²) in [5.41, 5.74) is 2.78. The fourth-order valence-electron chi connectivity index (χ4n) is 2.25. The van der Waals surface area contributed by atoms with Gasteiger partial charge in [0.05, 0.1) is 18.5 Å². The Labute approximate surface area is 144 Å². The smallest absolute Gasteiger partial charge is 0.322 e. The van der Waals surface area contributed by atoms with E-state index >= 15 is 0 Å². The van der Waals surface area contributed by atoms with Crippen molar-refractivity contribution in [3.05, 3.63) is 46.8 Å². The number of hydrogen-bond acceptors (Lipinski definition) is 5. The van der Waals surface area contributed by atoms with Crippen LogP contribution < -0.4 is 10.6 Å². The molecule has 0 aliphatic carbocycles. The minimum atomic E-state index is -1.09. The maximum absolute atomic E-state index is 12.1. The molecule has 8 heteroatoms. The van der Waals surface area contributed by atoms with E-state index in [-0.39, 0.29) is 24.7 Å². The van der Waals surface area contributed by atoms with E-state index in [1.807, 2.05) is 0 Å². The molecule has 0 saturated heterocycles. The molecule has 1 aromatic carbocycles. The van der Waals surface area contributed by atoms with Gasteiger partial charge in [0.2, 0.25) is 11.8 Å². The van der Waals surface area contributed by atoms with Crippen LogP contribution in [0.4, 0.5) is 5.69 Å². The molecule has 0 unspecified atom stereocenters. The molecular formula is C17H19N3O5. The lowest BCUT2D eigenvalue weighted by Gasteiger charge is -2.07. The van der Waals surface area contributed by atoms with Gasteiger partial charge in [0.25, 0.3) is 0 Å². The lowest BCUT2D eigenvalue weighted by molar-refractivity contribution is -0.137. The van der Waals surface area contributed by atoms with E-state index in [1.165, 1.54) is 0 Å². The highest BCUT2D eigenvalue weighted by Crippen LogP contribution is 2.15. The van der Waals surface area contributed by atoms with Crippen molar-refractivity contribution < 1.29 is 24.0 Å². The summed E-state index contributed by atoms with van der Waals surface area (Å²) in [6, 6.07) is 6.77. The lowest BCUT2D eigenvalue weighted by Crippen LogP contribution is -2.30. The molecule has 3 N–H and O–H groups in total. The number of nitrogens with zero attached hydrogens (tertiary/aromatic N) is 1. The third-order valence-corrected chi connectivity index (χ3v) is 3.56. The van der Waals surface area contributed by atoms with Gasteiger partial charge < -0.3 is 20.3 Å². The molecule has 0 saturated carbocycles. The van der Waals surface area contributed by atoms with Crippen molar-refractivity contribution in [2.45, 2.75) is 26.7 Å². The van der Waals surface area contributed by atoms with E-state index < -0.39 is 12.5 Å². The Morgan fingerprint density at radius 3 is 2.32 bits per heavy atom. The number of carbonyl (C=O) groups excluding carboxylic acids is 2. The van der Waals surface area contributed by atoms with Crippen molar-refractivity contribution in [3.8, 4) is 0 Å². The van der Waals surface area contributed by atoms with Crippen LogP contribution in [0.5, 0.6) is 0 Å². The molecule has 132 valence electrons. The third-order valence-electron chi connectivity index (χ3n) is 3.56. The monoisotopic (exact) mass is 345 g/mol. The van der Waals surface area contributed by atoms with Crippen LogP contribution >= 0.6 is 0 Å². The summed E-state index contributed by atoms with van der Waals surface area (Å²) in [5.74, 6) is -1.04. The number of rotatable bonds is 7. The molecule has 0 radical (unpaired) electrons. The molecule has 2 rings (SSSR count). The number of anilines is 1. The predicted octanol–water partition coefficient (Wildman–Crippen LogP) is 1.22. The van der Waals surface area contributed by atoms with Gasteiger partial charge in [-0.05, 0) is 31.5 Å². The van der Waals surface area contributed by atoms with Crippen molar-refractivity contribution in [1.82, 2.24) is 10.5 Å². The molecule has 1 aromatic heterocycles. The van der Waals surface area contributed by atoms with Gasteiger partial charge in [0.1, 0.15) is 12.3 Å². The van der Waals surface area contributed by atoms with Crippen molar-refractivity contribution >= 4 is 23.5 Å². The quantitative estimate of drug-likeness (QED) is 0.693. The Kier molecular flexibility index (Phi) is 5.89. The minimum absolute atomic E-state index is 0.0700. The first-order valence-electron chi connectivity index (χ1n) is 7.64. The van der Waals surface area contributed by atoms with Gasteiger partial charge in [-0.25, -0.2) is 0 Å². The van der Waals surface area contributed by atoms with Gasteiger partial charge in [-0.15, -0.1) is 0 Å². The summed E-state index contributed by atoms with van der Waals surface area (Å²) in [6.07, 6.45) is 0.237. The molecule has 25 heavy (non-hydrogen) atoms. The molecule has 0 atom stereocenters. The Bertz CT molecular complexity index is 761. The number of nitrogens with one attached hydrogen (secondary N) is 2. The summed E-state index contributed by atoms with van der Waals surface area (Å²) in [6.45, 7) is 3.13. The number of aromatic nitrogens is 1. The Morgan fingerprint density at radius 1 is 1.08 bits per heavy atom. The van der Waals surface area contributed by atoms with Crippen LogP contribution in [0.1, 0.15) is 22.6 Å². The van der Waals surface area contributed by atoms with Crippen LogP contribution in [0.2, 0.25) is 0 Å². The lowest BCUT2D eigenvalue weighted by atomic mass is 10.1. The predicted molar refractivity (Wildman–Crippen MR) is 89.1 cm³/mol. The zero-order chi connectivity index (χ0) is 18.4. The molecular weight excluding hydrogens is 326 g/mol. The number of amides is 2. The van der Waals surface area contributed by atoms with Gasteiger partial charge >= 0.3 is 5.97 Å². The molecule has 0 aliphatic rings. The maximum Gasteiger partial charge on any atom is 0.322 e. The molecule has 0 spiro atoms. The molecule has 0 fully saturated rings. The molecule has 2 aromatic rings. The van der Waals surface area contributed by atoms with Gasteiger partial charge in [-0.3, -0.25) is 14.4 Å². The first-order valence-corrected chi connectivity index (χ1v) is 7.64. The third kappa shape index (κ3) is 5.45. The number of aliphatic carboxylic acids is 1. The molecule has 1 heterocycles. The van der Waals surface area contributed by atoms with Gasteiger partial charge in [0, 0.05) is 11.3 Å². The largest absolute Gasteiger partial charge is 0.480 e. The first kappa shape index (κ1) is 18.2. The van der Waals surface area contributed by atoms with E-state index in [1.54, 1.807) is 38.1 Å². The van der Waals surface area contributed by atoms with E-state index in [0.29, 0.717) is 22.7 Å². The van der Waals surface area contributed by atoms with Gasteiger partial charge in [0.15, 0.2) is 0 Å². The fourth-order valence-corrected chi connectivity index (χ4v) is 2.25. The van der Waals surface area contributed by atoms with Crippen molar-refractivity contribution in [2.75, 3.05) is 11.9 Å². The average molecular weight is 345 g/mol. The van der Waals surface area contributed by atoms with Gasteiger partial charge in [-0.2, -0.15) is 0 Å². The van der Waals surface area contributed by atoms with Crippen LogP contribution in [0.3, 0.4) is 0 Å². The summed E-state index contributed by atoms with van der Waals surface area (Å²) in [4.78, 5) is 34.1. The number of carboxylic acids is 1. The second-order valence-corrected chi connectivity index (χ2v) is 5.57. The summed E-state index contributed by atoms with van der Waals surface area (Å²) in [7, 11) is 0. The highest BCUT2D eigenvalue weighted by atomic mass is 16.5. The zero-order valence-electron chi connectivity index (χ0n) is 14.0. The van der Waals surface area contributed by atoms with Crippen LogP contribution in [0, 0.1) is 13.8 Å². The fraction of sp³-hybridized carbons (Fsp3) is 0.294. The zero-order valence-corrected chi connectivity index (χ0v) is 14.0. The number of aryl methyl sites for hydroxylation is 2. The number of benzene rings is 1. The van der Waals surface area contributed by atoms with Gasteiger partial charge in [-0.1, -0.05) is 17.3 Å². The van der Waals surface area contributed by atoms with Crippen LogP contribution in [-0.2, 0) is 27.2 Å². The number of hydrogen-bond donors (Lipinski definition) is 3. The Morgan fingerprint density at radius 2 is 1.76 bits per heavy atom. The molecule has 0 aliphatic heterocycles. The van der Waals surface area contributed by atoms with E-state index in [0.717, 1.165) is 5.56 Å². The summed E-state index contributed by atoms with van der Waals surface area (Å²) >= 11 is 0. The number of carbonyl (C=O) groups is 3. The summed E-state index contributed by atoms with van der Waals surface area (Å²) < 4.78 is 5.03. The van der Waals surface area contributed by atoms with Crippen LogP contribution in [0.15, 0.2) is 28.8 Å². The topological polar surface area (TPSA) is 122 Å². The van der Waals surface area contributed by atoms with E-state index in [9.17, 15) is 14.4 Å². The molecule has 2 amide bonds. The number of carboxylic acid groups (broad SMARTS) is 1. The normalized spacial score (nSPS) is 10.3. The average Bonchev–Trinajstić information content (AvgIpc) is 2.86. The minimum Gasteiger partial charge on any atom is -0.480 e. The first-order chi connectivity index (χ1) is 11.8. The van der Waals surface area contributed by atoms with Crippen LogP contribution in [-0.4, -0.2) is 34.6 Å². The van der Waals surface area contributed by atoms with Crippen molar-refractivity contribution in [1.29, 1.82) is 0 Å². The highest BCUT2D eigenvalue weighted by Gasteiger charge is 2.13. The van der Waals surface area contributed by atoms with E-state index in [2.05, 4.69) is 15.8 Å². The van der Waals surface area contributed by atoms with E-state index in [4.69, 9.17) is 9.63 Å². The Balaban J connectivity index is 1.88.